The molecular weight excluding hydrogens is 131 g/mol. The maximum absolute atomic E-state index is 6.75. The molecule has 0 bridgehead atoms. The molecule has 0 aromatic heterocycles. The van der Waals surface area contributed by atoms with Crippen LogP contribution in [0.2, 0.25) is 0 Å². The zero-order valence-electron chi connectivity index (χ0n) is 1.92. The summed E-state index contributed by atoms with van der Waals surface area (Å²) in [5.41, 5.74) is 13.5. The molecule has 0 atom stereocenters. The van der Waals surface area contributed by atoms with Crippen molar-refractivity contribution in [2.45, 2.75) is 0 Å². The molecule has 0 aliphatic rings. The normalized spacial score (nSPS) is 2.00. The first-order valence-corrected chi connectivity index (χ1v) is 0.400. The molecule has 19 valence electrons. The molecule has 4 heteroatoms. The van der Waals surface area contributed by atoms with E-state index in [2.05, 4.69) is 0 Å². The first-order chi connectivity index (χ1) is 1.41. The van der Waals surface area contributed by atoms with Gasteiger partial charge in [-0.25, -0.2) is 0 Å². The van der Waals surface area contributed by atoms with Gasteiger partial charge < -0.3 is 11.1 Å². The number of rotatable bonds is 0. The summed E-state index contributed by atoms with van der Waals surface area (Å²) in [5, 5.41) is 0. The minimum Gasteiger partial charge on any atom is -0.373 e. The third-order valence-electron chi connectivity index (χ3n) is 0. The molecule has 1 radical (unpaired) electrons. The molecule has 0 aliphatic carbocycles. The molecule has 0 fully saturated rings. The first kappa shape index (κ1) is 8.83. The van der Waals surface area contributed by atoms with E-state index in [1.54, 1.807) is 0 Å². The van der Waals surface area contributed by atoms with Crippen molar-refractivity contribution in [1.82, 2.24) is 0 Å². The third-order valence-corrected chi connectivity index (χ3v) is 0. The van der Waals surface area contributed by atoms with Gasteiger partial charge >= 0.3 is 0 Å². The molecule has 0 heterocycles. The van der Waals surface area contributed by atoms with Crippen molar-refractivity contribution in [2.24, 2.45) is 0 Å². The van der Waals surface area contributed by atoms with Crippen LogP contribution >= 0.6 is 0 Å². The van der Waals surface area contributed by atoms with Crippen LogP contribution in [-0.4, -0.2) is 0 Å². The Morgan fingerprint density at radius 2 is 1.25 bits per heavy atom. The summed E-state index contributed by atoms with van der Waals surface area (Å²) >= 11 is 0. The van der Waals surface area contributed by atoms with Gasteiger partial charge in [0, 0.05) is 32.7 Å². The SMILES string of the molecule is [N-]=[N+]=[N-].[Y]. The van der Waals surface area contributed by atoms with Crippen molar-refractivity contribution in [3.05, 3.63) is 16.0 Å². The monoisotopic (exact) mass is 131 g/mol. The van der Waals surface area contributed by atoms with E-state index >= 15 is 0 Å². The zero-order valence-corrected chi connectivity index (χ0v) is 4.76. The van der Waals surface area contributed by atoms with E-state index in [1.807, 2.05) is 0 Å². The fourth-order valence-corrected chi connectivity index (χ4v) is 0. The Hall–Kier alpha value is 0.414. The molecule has 0 aliphatic heterocycles. The van der Waals surface area contributed by atoms with E-state index in [4.69, 9.17) is 11.1 Å². The summed E-state index contributed by atoms with van der Waals surface area (Å²) in [7, 11) is 0. The van der Waals surface area contributed by atoms with Gasteiger partial charge in [-0.2, -0.15) is 0 Å². The van der Waals surface area contributed by atoms with Gasteiger partial charge in [-0.05, 0) is 0 Å². The summed E-state index contributed by atoms with van der Waals surface area (Å²) in [6.45, 7) is 0. The minimum absolute atomic E-state index is 0. The Balaban J connectivity index is 0. The molecule has 4 heavy (non-hydrogen) atoms. The van der Waals surface area contributed by atoms with Gasteiger partial charge in [0.25, 0.3) is 0 Å². The van der Waals surface area contributed by atoms with E-state index in [0.717, 1.165) is 0 Å². The fourth-order valence-electron chi connectivity index (χ4n) is 0. The molecule has 0 rings (SSSR count). The van der Waals surface area contributed by atoms with Gasteiger partial charge in [-0.3, -0.25) is 4.91 Å². The molecule has 0 aromatic rings. The van der Waals surface area contributed by atoms with Crippen molar-refractivity contribution in [3.8, 4) is 0 Å². The quantitative estimate of drug-likeness (QED) is 0.266. The Kier molecular flexibility index (Phi) is 22.0. The molecular formula is N3Y-. The van der Waals surface area contributed by atoms with Crippen LogP contribution in [0.25, 0.3) is 16.0 Å². The molecule has 0 saturated carbocycles. The van der Waals surface area contributed by atoms with E-state index in [9.17, 15) is 0 Å². The van der Waals surface area contributed by atoms with Crippen LogP contribution in [0.3, 0.4) is 0 Å². The van der Waals surface area contributed by atoms with Crippen molar-refractivity contribution in [3.63, 3.8) is 0 Å². The summed E-state index contributed by atoms with van der Waals surface area (Å²) in [4.78, 5) is 1.50. The Labute approximate surface area is 48.7 Å². The third kappa shape index (κ3) is 28.2. The van der Waals surface area contributed by atoms with Crippen LogP contribution < -0.4 is 0 Å². The second-order valence-electron chi connectivity index (χ2n) is 0.0894. The van der Waals surface area contributed by atoms with E-state index in [1.165, 1.54) is 4.91 Å². The van der Waals surface area contributed by atoms with Gasteiger partial charge in [-0.15, -0.1) is 0 Å². The van der Waals surface area contributed by atoms with E-state index < -0.39 is 0 Å². The average molecular weight is 131 g/mol. The average Bonchev–Trinajstić information content (AvgIpc) is 0.918. The van der Waals surface area contributed by atoms with Crippen LogP contribution in [0, 0.1) is 0 Å². The standard InChI is InChI=1S/N3.Y/c1-3-2;/q-1;. The van der Waals surface area contributed by atoms with Crippen LogP contribution in [0.5, 0.6) is 0 Å². The fraction of sp³-hybridized carbons (Fsp3) is 0. The van der Waals surface area contributed by atoms with Gasteiger partial charge in [0.1, 0.15) is 0 Å². The predicted molar refractivity (Wildman–Crippen MR) is 10.1 cm³/mol. The van der Waals surface area contributed by atoms with Crippen LogP contribution in [0.1, 0.15) is 0 Å². The maximum atomic E-state index is 6.75. The van der Waals surface area contributed by atoms with Gasteiger partial charge in [0.15, 0.2) is 0 Å². The van der Waals surface area contributed by atoms with Crippen molar-refractivity contribution in [2.75, 3.05) is 0 Å². The topological polar surface area (TPSA) is 58.7 Å². The summed E-state index contributed by atoms with van der Waals surface area (Å²) < 4.78 is 0. The largest absolute Gasteiger partial charge is 0.373 e. The van der Waals surface area contributed by atoms with E-state index in [-0.39, 0.29) is 32.7 Å². The summed E-state index contributed by atoms with van der Waals surface area (Å²) in [5.74, 6) is 0. The van der Waals surface area contributed by atoms with Crippen LogP contribution in [0.4, 0.5) is 0 Å². The second kappa shape index (κ2) is 9.95. The van der Waals surface area contributed by atoms with Crippen LogP contribution in [-0.2, 0) is 32.7 Å². The predicted octanol–water partition coefficient (Wildman–Crippen LogP) is 0.864. The molecule has 0 saturated heterocycles. The van der Waals surface area contributed by atoms with Crippen molar-refractivity contribution in [1.29, 1.82) is 0 Å². The summed E-state index contributed by atoms with van der Waals surface area (Å²) in [6, 6.07) is 0. The Morgan fingerprint density at radius 3 is 1.25 bits per heavy atom. The van der Waals surface area contributed by atoms with Gasteiger partial charge in [0.2, 0.25) is 0 Å². The number of hydrogen-bond donors (Lipinski definition) is 0. The molecule has 3 nitrogen and oxygen atoms in total. The Morgan fingerprint density at radius 1 is 1.25 bits per heavy atom. The molecule has 0 unspecified atom stereocenters. The molecule has 0 spiro atoms. The van der Waals surface area contributed by atoms with Crippen molar-refractivity contribution < 1.29 is 32.7 Å². The minimum atomic E-state index is 0. The maximum Gasteiger partial charge on any atom is 0 e. The smallest absolute Gasteiger partial charge is 0 e. The zero-order chi connectivity index (χ0) is 2.71. The van der Waals surface area contributed by atoms with E-state index in [0.29, 0.717) is 0 Å². The molecule has 0 aromatic carbocycles. The summed E-state index contributed by atoms with van der Waals surface area (Å²) in [6.07, 6.45) is 0. The molecule has 0 N–H and O–H groups in total. The van der Waals surface area contributed by atoms with Gasteiger partial charge in [-0.1, -0.05) is 0 Å². The van der Waals surface area contributed by atoms with Gasteiger partial charge in [0.05, 0.1) is 0 Å². The first-order valence-electron chi connectivity index (χ1n) is 0.400. The van der Waals surface area contributed by atoms with Crippen molar-refractivity contribution >= 4 is 0 Å². The second-order valence-corrected chi connectivity index (χ2v) is 0.0894. The number of nitrogens with zero attached hydrogens (tertiary/aromatic N) is 3. The van der Waals surface area contributed by atoms with Crippen LogP contribution in [0.15, 0.2) is 0 Å². The Bertz CT molecular complexity index is 24.3. The molecule has 0 amide bonds. The number of hydrogen-bond acceptors (Lipinski definition) is 0.